The molecule has 0 amide bonds. The second kappa shape index (κ2) is 5.07. The first-order chi connectivity index (χ1) is 8.13. The van der Waals surface area contributed by atoms with E-state index >= 15 is 0 Å². The Bertz CT molecular complexity index is 388. The predicted octanol–water partition coefficient (Wildman–Crippen LogP) is 1.97. The summed E-state index contributed by atoms with van der Waals surface area (Å²) in [6.07, 6.45) is 0. The van der Waals surface area contributed by atoms with Gasteiger partial charge in [-0.2, -0.15) is 0 Å². The van der Waals surface area contributed by atoms with Crippen molar-refractivity contribution in [3.8, 4) is 5.75 Å². The molecule has 1 aliphatic rings. The Balaban J connectivity index is 2.21. The van der Waals surface area contributed by atoms with Crippen LogP contribution in [0.1, 0.15) is 24.1 Å². The summed E-state index contributed by atoms with van der Waals surface area (Å²) in [6, 6.07) is 7.42. The van der Waals surface area contributed by atoms with E-state index in [9.17, 15) is 0 Å². The molecule has 0 aromatic heterocycles. The van der Waals surface area contributed by atoms with Crippen molar-refractivity contribution in [2.45, 2.75) is 25.9 Å². The first-order valence-corrected chi connectivity index (χ1v) is 6.20. The zero-order valence-corrected chi connectivity index (χ0v) is 11.2. The molecule has 1 unspecified atom stereocenters. The highest BCUT2D eigenvalue weighted by Gasteiger charge is 2.27. The molecule has 0 aliphatic carbocycles. The van der Waals surface area contributed by atoms with Crippen LogP contribution >= 0.6 is 0 Å². The molecule has 3 heteroatoms. The normalized spacial score (nSPS) is 17.9. The third-order valence-electron chi connectivity index (χ3n) is 3.78. The second-order valence-electron chi connectivity index (χ2n) is 4.90. The number of nitrogens with zero attached hydrogens (tertiary/aromatic N) is 1. The fourth-order valence-corrected chi connectivity index (χ4v) is 2.28. The number of ether oxygens (including phenoxy) is 1. The summed E-state index contributed by atoms with van der Waals surface area (Å²) in [7, 11) is 3.93. The fraction of sp³-hybridized carbons (Fsp3) is 0.571. The smallest absolute Gasteiger partial charge is 0.123 e. The molecule has 1 N–H and O–H groups in total. The zero-order valence-electron chi connectivity index (χ0n) is 11.2. The maximum Gasteiger partial charge on any atom is 0.123 e. The van der Waals surface area contributed by atoms with Gasteiger partial charge in [0.15, 0.2) is 0 Å². The Morgan fingerprint density at radius 3 is 2.65 bits per heavy atom. The van der Waals surface area contributed by atoms with Crippen LogP contribution in [0.4, 0.5) is 0 Å². The highest BCUT2D eigenvalue weighted by Crippen LogP contribution is 2.30. The molecule has 1 saturated heterocycles. The summed E-state index contributed by atoms with van der Waals surface area (Å²) in [4.78, 5) is 2.42. The Morgan fingerprint density at radius 2 is 2.12 bits per heavy atom. The number of hydrogen-bond acceptors (Lipinski definition) is 3. The number of rotatable bonds is 4. The van der Waals surface area contributed by atoms with Gasteiger partial charge < -0.3 is 10.1 Å². The summed E-state index contributed by atoms with van der Waals surface area (Å²) >= 11 is 0. The molecule has 0 bridgehead atoms. The molecule has 1 aliphatic heterocycles. The highest BCUT2D eigenvalue weighted by atomic mass is 16.5. The third-order valence-corrected chi connectivity index (χ3v) is 3.78. The van der Waals surface area contributed by atoms with Crippen molar-refractivity contribution >= 4 is 0 Å². The van der Waals surface area contributed by atoms with Crippen molar-refractivity contribution in [3.63, 3.8) is 0 Å². The standard InChI is InChI=1S/C14H22N2O/c1-10-5-6-14(17-4)13(7-10)11(2)16(3)12-8-15-9-12/h5-7,11-12,15H,8-9H2,1-4H3. The van der Waals surface area contributed by atoms with Gasteiger partial charge in [0, 0.05) is 30.7 Å². The molecule has 1 aromatic carbocycles. The number of hydrogen-bond donors (Lipinski definition) is 1. The molecule has 1 fully saturated rings. The molecular weight excluding hydrogens is 212 g/mol. The van der Waals surface area contributed by atoms with Gasteiger partial charge in [0.2, 0.25) is 0 Å². The fourth-order valence-electron chi connectivity index (χ4n) is 2.28. The Hall–Kier alpha value is -1.06. The average Bonchev–Trinajstić information content (AvgIpc) is 2.25. The van der Waals surface area contributed by atoms with Crippen molar-refractivity contribution in [2.24, 2.45) is 0 Å². The lowest BCUT2D eigenvalue weighted by atomic mass is 10.0. The van der Waals surface area contributed by atoms with Crippen LogP contribution in [0.15, 0.2) is 18.2 Å². The lowest BCUT2D eigenvalue weighted by molar-refractivity contribution is 0.134. The van der Waals surface area contributed by atoms with Gasteiger partial charge in [0.1, 0.15) is 5.75 Å². The van der Waals surface area contributed by atoms with Crippen molar-refractivity contribution < 1.29 is 4.74 Å². The Morgan fingerprint density at radius 1 is 1.41 bits per heavy atom. The molecule has 0 radical (unpaired) electrons. The van der Waals surface area contributed by atoms with Crippen LogP contribution in [0.3, 0.4) is 0 Å². The van der Waals surface area contributed by atoms with E-state index in [1.165, 1.54) is 11.1 Å². The van der Waals surface area contributed by atoms with E-state index in [4.69, 9.17) is 4.74 Å². The number of aryl methyl sites for hydroxylation is 1. The van der Waals surface area contributed by atoms with E-state index in [1.54, 1.807) is 7.11 Å². The summed E-state index contributed by atoms with van der Waals surface area (Å²) in [5, 5.41) is 3.32. The molecule has 94 valence electrons. The van der Waals surface area contributed by atoms with E-state index in [1.807, 2.05) is 0 Å². The van der Waals surface area contributed by atoms with Crippen molar-refractivity contribution in [2.75, 3.05) is 27.2 Å². The second-order valence-corrected chi connectivity index (χ2v) is 4.90. The first kappa shape index (κ1) is 12.4. The van der Waals surface area contributed by atoms with Crippen molar-refractivity contribution in [3.05, 3.63) is 29.3 Å². The van der Waals surface area contributed by atoms with Gasteiger partial charge >= 0.3 is 0 Å². The van der Waals surface area contributed by atoms with Gasteiger partial charge in [0.25, 0.3) is 0 Å². The van der Waals surface area contributed by atoms with Crippen LogP contribution in [0.2, 0.25) is 0 Å². The predicted molar refractivity (Wildman–Crippen MR) is 70.6 cm³/mol. The molecule has 3 nitrogen and oxygen atoms in total. The van der Waals surface area contributed by atoms with Crippen LogP contribution < -0.4 is 10.1 Å². The summed E-state index contributed by atoms with van der Waals surface area (Å²) in [5.74, 6) is 0.988. The molecular formula is C14H22N2O. The topological polar surface area (TPSA) is 24.5 Å². The maximum absolute atomic E-state index is 5.46. The van der Waals surface area contributed by atoms with Crippen molar-refractivity contribution in [1.29, 1.82) is 0 Å². The van der Waals surface area contributed by atoms with Crippen LogP contribution in [-0.2, 0) is 0 Å². The van der Waals surface area contributed by atoms with E-state index in [0.717, 1.165) is 18.8 Å². The van der Waals surface area contributed by atoms with Crippen LogP contribution in [0, 0.1) is 6.92 Å². The number of methoxy groups -OCH3 is 1. The van der Waals surface area contributed by atoms with Gasteiger partial charge in [-0.25, -0.2) is 0 Å². The van der Waals surface area contributed by atoms with E-state index in [2.05, 4.69) is 49.3 Å². The van der Waals surface area contributed by atoms with E-state index in [0.29, 0.717) is 12.1 Å². The minimum atomic E-state index is 0.386. The molecule has 17 heavy (non-hydrogen) atoms. The molecule has 1 heterocycles. The molecule has 0 spiro atoms. The lowest BCUT2D eigenvalue weighted by Gasteiger charge is -2.39. The number of likely N-dealkylation sites (N-methyl/N-ethyl adjacent to an activating group) is 1. The van der Waals surface area contributed by atoms with Gasteiger partial charge in [0.05, 0.1) is 7.11 Å². The van der Waals surface area contributed by atoms with Gasteiger partial charge in [-0.15, -0.1) is 0 Å². The Kier molecular flexibility index (Phi) is 3.69. The minimum Gasteiger partial charge on any atom is -0.496 e. The third kappa shape index (κ3) is 2.45. The van der Waals surface area contributed by atoms with Gasteiger partial charge in [-0.1, -0.05) is 17.7 Å². The molecule has 1 atom stereocenters. The van der Waals surface area contributed by atoms with Gasteiger partial charge in [-0.3, -0.25) is 4.90 Å². The largest absolute Gasteiger partial charge is 0.496 e. The van der Waals surface area contributed by atoms with Crippen LogP contribution in [0.25, 0.3) is 0 Å². The lowest BCUT2D eigenvalue weighted by Crippen LogP contribution is -2.56. The summed E-state index contributed by atoms with van der Waals surface area (Å²) < 4.78 is 5.46. The van der Waals surface area contributed by atoms with E-state index < -0.39 is 0 Å². The molecule has 2 rings (SSSR count). The monoisotopic (exact) mass is 234 g/mol. The van der Waals surface area contributed by atoms with Gasteiger partial charge in [-0.05, 0) is 27.0 Å². The number of nitrogens with one attached hydrogen (secondary N) is 1. The maximum atomic E-state index is 5.46. The zero-order chi connectivity index (χ0) is 12.4. The minimum absolute atomic E-state index is 0.386. The average molecular weight is 234 g/mol. The van der Waals surface area contributed by atoms with Crippen molar-refractivity contribution in [1.82, 2.24) is 10.2 Å². The SMILES string of the molecule is COc1ccc(C)cc1C(C)N(C)C1CNC1. The first-order valence-electron chi connectivity index (χ1n) is 6.20. The summed E-state index contributed by atoms with van der Waals surface area (Å²) in [5.41, 5.74) is 2.56. The summed E-state index contributed by atoms with van der Waals surface area (Å²) in [6.45, 7) is 6.56. The quantitative estimate of drug-likeness (QED) is 0.862. The molecule has 0 saturated carbocycles. The highest BCUT2D eigenvalue weighted by molar-refractivity contribution is 5.39. The molecule has 1 aromatic rings. The number of benzene rings is 1. The Labute approximate surface area is 104 Å². The van der Waals surface area contributed by atoms with E-state index in [-0.39, 0.29) is 0 Å². The van der Waals surface area contributed by atoms with Crippen LogP contribution in [-0.4, -0.2) is 38.2 Å². The van der Waals surface area contributed by atoms with Crippen LogP contribution in [0.5, 0.6) is 5.75 Å².